The van der Waals surface area contributed by atoms with Gasteiger partial charge in [0.05, 0.1) is 12.7 Å². The SMILES string of the molecule is C[C@H]1CO[C@H](c2cccc(Cl)c2)CN1Cc1cncnc1. The monoisotopic (exact) mass is 303 g/mol. The van der Waals surface area contributed by atoms with Crippen LogP contribution in [0.1, 0.15) is 24.2 Å². The maximum Gasteiger partial charge on any atom is 0.115 e. The number of halogens is 1. The molecule has 21 heavy (non-hydrogen) atoms. The maximum absolute atomic E-state index is 6.07. The van der Waals surface area contributed by atoms with E-state index in [-0.39, 0.29) is 6.10 Å². The quantitative estimate of drug-likeness (QED) is 0.873. The first kappa shape index (κ1) is 14.4. The second-order valence-corrected chi connectivity index (χ2v) is 5.84. The molecule has 0 radical (unpaired) electrons. The van der Waals surface area contributed by atoms with E-state index in [0.717, 1.165) is 29.2 Å². The molecule has 3 rings (SSSR count). The van der Waals surface area contributed by atoms with Gasteiger partial charge in [-0.2, -0.15) is 0 Å². The zero-order chi connectivity index (χ0) is 14.7. The first-order chi connectivity index (χ1) is 10.2. The molecule has 0 bridgehead atoms. The summed E-state index contributed by atoms with van der Waals surface area (Å²) in [6.45, 7) is 4.57. The molecule has 4 nitrogen and oxygen atoms in total. The fraction of sp³-hybridized carbons (Fsp3) is 0.375. The number of morpholine rings is 1. The molecule has 0 spiro atoms. The lowest BCUT2D eigenvalue weighted by Crippen LogP contribution is -2.44. The van der Waals surface area contributed by atoms with Crippen LogP contribution in [-0.4, -0.2) is 34.1 Å². The van der Waals surface area contributed by atoms with Gasteiger partial charge in [0.1, 0.15) is 6.33 Å². The highest BCUT2D eigenvalue weighted by Gasteiger charge is 2.27. The van der Waals surface area contributed by atoms with Crippen molar-refractivity contribution in [3.63, 3.8) is 0 Å². The summed E-state index contributed by atoms with van der Waals surface area (Å²) in [4.78, 5) is 10.6. The van der Waals surface area contributed by atoms with E-state index in [2.05, 4.69) is 27.9 Å². The number of hydrogen-bond acceptors (Lipinski definition) is 4. The summed E-state index contributed by atoms with van der Waals surface area (Å²) in [7, 11) is 0. The van der Waals surface area contributed by atoms with E-state index < -0.39 is 0 Å². The lowest BCUT2D eigenvalue weighted by molar-refractivity contribution is -0.0633. The first-order valence-corrected chi connectivity index (χ1v) is 7.45. The zero-order valence-electron chi connectivity index (χ0n) is 11.9. The van der Waals surface area contributed by atoms with Crippen LogP contribution >= 0.6 is 11.6 Å². The Kier molecular flexibility index (Phi) is 4.48. The molecule has 0 N–H and O–H groups in total. The summed E-state index contributed by atoms with van der Waals surface area (Å²) >= 11 is 6.07. The van der Waals surface area contributed by atoms with Gasteiger partial charge in [0.25, 0.3) is 0 Å². The van der Waals surface area contributed by atoms with Crippen LogP contribution in [0.25, 0.3) is 0 Å². The van der Waals surface area contributed by atoms with Crippen LogP contribution < -0.4 is 0 Å². The molecular weight excluding hydrogens is 286 g/mol. The molecule has 1 saturated heterocycles. The fourth-order valence-corrected chi connectivity index (χ4v) is 2.78. The molecule has 1 fully saturated rings. The summed E-state index contributed by atoms with van der Waals surface area (Å²) in [5, 5.41) is 0.748. The number of ether oxygens (including phenoxy) is 1. The molecule has 0 saturated carbocycles. The van der Waals surface area contributed by atoms with Crippen LogP contribution in [0.2, 0.25) is 5.02 Å². The smallest absolute Gasteiger partial charge is 0.115 e. The van der Waals surface area contributed by atoms with Gasteiger partial charge in [-0.3, -0.25) is 4.90 Å². The average molecular weight is 304 g/mol. The lowest BCUT2D eigenvalue weighted by Gasteiger charge is -2.38. The maximum atomic E-state index is 6.07. The van der Waals surface area contributed by atoms with Crippen LogP contribution in [0.3, 0.4) is 0 Å². The number of nitrogens with zero attached hydrogens (tertiary/aromatic N) is 3. The molecule has 1 aliphatic heterocycles. The molecule has 2 aromatic rings. The third-order valence-corrected chi connectivity index (χ3v) is 4.02. The van der Waals surface area contributed by atoms with Gasteiger partial charge in [0, 0.05) is 42.1 Å². The molecule has 1 aromatic heterocycles. The Morgan fingerprint density at radius 3 is 2.90 bits per heavy atom. The Balaban J connectivity index is 1.72. The van der Waals surface area contributed by atoms with Crippen molar-refractivity contribution in [1.82, 2.24) is 14.9 Å². The molecule has 0 unspecified atom stereocenters. The van der Waals surface area contributed by atoms with E-state index in [1.54, 1.807) is 6.33 Å². The average Bonchev–Trinajstić information content (AvgIpc) is 2.50. The van der Waals surface area contributed by atoms with Gasteiger partial charge in [-0.1, -0.05) is 23.7 Å². The predicted molar refractivity (Wildman–Crippen MR) is 82.0 cm³/mol. The third-order valence-electron chi connectivity index (χ3n) is 3.78. The number of aromatic nitrogens is 2. The summed E-state index contributed by atoms with van der Waals surface area (Å²) < 4.78 is 5.97. The van der Waals surface area contributed by atoms with Crippen LogP contribution in [0.5, 0.6) is 0 Å². The molecule has 2 heterocycles. The predicted octanol–water partition coefficient (Wildman–Crippen LogP) is 3.09. The van der Waals surface area contributed by atoms with Gasteiger partial charge in [-0.05, 0) is 24.6 Å². The standard InChI is InChI=1S/C16H18ClN3O/c1-12-10-21-16(14-3-2-4-15(17)5-14)9-20(12)8-13-6-18-11-19-7-13/h2-7,11-12,16H,8-10H2,1H3/t12-,16-/m0/s1. The van der Waals surface area contributed by atoms with Crippen LogP contribution in [0.4, 0.5) is 0 Å². The Labute approximate surface area is 129 Å². The minimum atomic E-state index is 0.0598. The van der Waals surface area contributed by atoms with E-state index in [1.165, 1.54) is 0 Å². The molecule has 110 valence electrons. The molecule has 1 aromatic carbocycles. The largest absolute Gasteiger partial charge is 0.371 e. The molecule has 2 atom stereocenters. The molecule has 5 heteroatoms. The number of rotatable bonds is 3. The molecule has 0 aliphatic carbocycles. The summed E-state index contributed by atoms with van der Waals surface area (Å²) in [6, 6.07) is 8.27. The minimum Gasteiger partial charge on any atom is -0.371 e. The topological polar surface area (TPSA) is 38.2 Å². The van der Waals surface area contributed by atoms with Crippen molar-refractivity contribution < 1.29 is 4.74 Å². The molecular formula is C16H18ClN3O. The van der Waals surface area contributed by atoms with Gasteiger partial charge >= 0.3 is 0 Å². The Morgan fingerprint density at radius 2 is 2.14 bits per heavy atom. The lowest BCUT2D eigenvalue weighted by atomic mass is 10.1. The van der Waals surface area contributed by atoms with Gasteiger partial charge in [-0.15, -0.1) is 0 Å². The highest BCUT2D eigenvalue weighted by molar-refractivity contribution is 6.30. The van der Waals surface area contributed by atoms with Crippen molar-refractivity contribution in [3.8, 4) is 0 Å². The van der Waals surface area contributed by atoms with Gasteiger partial charge in [0.2, 0.25) is 0 Å². The zero-order valence-corrected chi connectivity index (χ0v) is 12.7. The Hall–Kier alpha value is -1.49. The molecule has 1 aliphatic rings. The van der Waals surface area contributed by atoms with Gasteiger partial charge in [0.15, 0.2) is 0 Å². The highest BCUT2D eigenvalue weighted by Crippen LogP contribution is 2.27. The Bertz CT molecular complexity index is 593. The van der Waals surface area contributed by atoms with Crippen molar-refractivity contribution >= 4 is 11.6 Å². The van der Waals surface area contributed by atoms with E-state index in [4.69, 9.17) is 16.3 Å². The van der Waals surface area contributed by atoms with E-state index >= 15 is 0 Å². The normalized spacial score (nSPS) is 23.1. The van der Waals surface area contributed by atoms with Crippen molar-refractivity contribution in [2.45, 2.75) is 25.6 Å². The second-order valence-electron chi connectivity index (χ2n) is 5.40. The van der Waals surface area contributed by atoms with Crippen molar-refractivity contribution in [1.29, 1.82) is 0 Å². The van der Waals surface area contributed by atoms with Gasteiger partial charge in [-0.25, -0.2) is 9.97 Å². The van der Waals surface area contributed by atoms with Crippen LogP contribution in [-0.2, 0) is 11.3 Å². The highest BCUT2D eigenvalue weighted by atomic mass is 35.5. The Morgan fingerprint density at radius 1 is 1.33 bits per heavy atom. The number of benzene rings is 1. The summed E-state index contributed by atoms with van der Waals surface area (Å²) in [5.41, 5.74) is 2.25. The van der Waals surface area contributed by atoms with Crippen LogP contribution in [0, 0.1) is 0 Å². The van der Waals surface area contributed by atoms with Crippen LogP contribution in [0.15, 0.2) is 43.0 Å². The van der Waals surface area contributed by atoms with E-state index in [1.807, 2.05) is 30.6 Å². The van der Waals surface area contributed by atoms with Gasteiger partial charge < -0.3 is 4.74 Å². The van der Waals surface area contributed by atoms with E-state index in [0.29, 0.717) is 12.6 Å². The first-order valence-electron chi connectivity index (χ1n) is 7.07. The fourth-order valence-electron chi connectivity index (χ4n) is 2.58. The number of hydrogen-bond donors (Lipinski definition) is 0. The second kappa shape index (κ2) is 6.52. The van der Waals surface area contributed by atoms with Crippen molar-refractivity contribution in [3.05, 3.63) is 59.1 Å². The summed E-state index contributed by atoms with van der Waals surface area (Å²) in [6.07, 6.45) is 5.35. The summed E-state index contributed by atoms with van der Waals surface area (Å²) in [5.74, 6) is 0. The van der Waals surface area contributed by atoms with Crippen molar-refractivity contribution in [2.75, 3.05) is 13.2 Å². The third kappa shape index (κ3) is 3.59. The minimum absolute atomic E-state index is 0.0598. The van der Waals surface area contributed by atoms with E-state index in [9.17, 15) is 0 Å². The molecule has 0 amide bonds. The van der Waals surface area contributed by atoms with Crippen molar-refractivity contribution in [2.24, 2.45) is 0 Å².